The molecule has 0 saturated heterocycles. The number of rotatable bonds is 3. The van der Waals surface area contributed by atoms with Crippen molar-refractivity contribution in [2.45, 2.75) is 65.0 Å². The van der Waals surface area contributed by atoms with Gasteiger partial charge in [-0.1, -0.05) is 13.3 Å². The molecular weight excluding hydrogens is 236 g/mol. The van der Waals surface area contributed by atoms with Crippen LogP contribution >= 0.6 is 0 Å². The quantitative estimate of drug-likeness (QED) is 0.793. The molecule has 0 aromatic carbocycles. The average Bonchev–Trinajstić information content (AvgIpc) is 2.44. The lowest BCUT2D eigenvalue weighted by molar-refractivity contribution is 0.0716. The van der Waals surface area contributed by atoms with Crippen molar-refractivity contribution < 1.29 is 4.74 Å². The molecule has 108 valence electrons. The molecule has 1 saturated carbocycles. The van der Waals surface area contributed by atoms with Crippen molar-refractivity contribution in [1.82, 2.24) is 5.32 Å². The highest BCUT2D eigenvalue weighted by Gasteiger charge is 2.29. The lowest BCUT2D eigenvalue weighted by Gasteiger charge is -2.34. The lowest BCUT2D eigenvalue weighted by Crippen LogP contribution is -2.42. The Hall–Kier alpha value is -0.830. The van der Waals surface area contributed by atoms with Gasteiger partial charge in [0.2, 0.25) is 0 Å². The van der Waals surface area contributed by atoms with Gasteiger partial charge in [-0.15, -0.1) is 0 Å². The summed E-state index contributed by atoms with van der Waals surface area (Å²) >= 11 is 0. The van der Waals surface area contributed by atoms with Crippen molar-refractivity contribution in [2.24, 2.45) is 10.9 Å². The maximum absolute atomic E-state index is 6.32. The van der Waals surface area contributed by atoms with Gasteiger partial charge < -0.3 is 10.1 Å². The number of ether oxygens (including phenoxy) is 1. The van der Waals surface area contributed by atoms with E-state index in [2.05, 4.69) is 31.1 Å². The Labute approximate surface area is 117 Å². The van der Waals surface area contributed by atoms with E-state index in [1.807, 2.05) is 7.05 Å². The molecule has 0 aromatic rings. The van der Waals surface area contributed by atoms with Gasteiger partial charge in [-0.05, 0) is 39.5 Å². The SMILES string of the molecule is CN=C(C)C1=C(OC2CCCCC2)CNC(C)C1C. The fourth-order valence-corrected chi connectivity index (χ4v) is 3.17. The van der Waals surface area contributed by atoms with Crippen LogP contribution in [0.1, 0.15) is 52.9 Å². The molecule has 0 radical (unpaired) electrons. The Morgan fingerprint density at radius 1 is 1.21 bits per heavy atom. The molecule has 3 nitrogen and oxygen atoms in total. The van der Waals surface area contributed by atoms with Crippen LogP contribution in [0.5, 0.6) is 0 Å². The number of hydrogen-bond acceptors (Lipinski definition) is 3. The summed E-state index contributed by atoms with van der Waals surface area (Å²) in [4.78, 5) is 4.39. The molecule has 0 bridgehead atoms. The first-order chi connectivity index (χ1) is 9.13. The van der Waals surface area contributed by atoms with E-state index in [1.165, 1.54) is 37.7 Å². The van der Waals surface area contributed by atoms with Gasteiger partial charge in [0.05, 0.1) is 12.6 Å². The van der Waals surface area contributed by atoms with Crippen molar-refractivity contribution in [3.63, 3.8) is 0 Å². The summed E-state index contributed by atoms with van der Waals surface area (Å²) in [6, 6.07) is 0.491. The van der Waals surface area contributed by atoms with E-state index in [9.17, 15) is 0 Å². The van der Waals surface area contributed by atoms with Crippen molar-refractivity contribution >= 4 is 5.71 Å². The Morgan fingerprint density at radius 2 is 1.89 bits per heavy atom. The van der Waals surface area contributed by atoms with Crippen molar-refractivity contribution in [3.8, 4) is 0 Å². The summed E-state index contributed by atoms with van der Waals surface area (Å²) in [7, 11) is 1.87. The minimum absolute atomic E-state index is 0.422. The number of aliphatic imine (C=N–C) groups is 1. The first kappa shape index (κ1) is 14.6. The zero-order valence-corrected chi connectivity index (χ0v) is 12.8. The highest BCUT2D eigenvalue weighted by atomic mass is 16.5. The van der Waals surface area contributed by atoms with E-state index in [4.69, 9.17) is 4.74 Å². The fourth-order valence-electron chi connectivity index (χ4n) is 3.17. The third kappa shape index (κ3) is 3.38. The van der Waals surface area contributed by atoms with Crippen molar-refractivity contribution in [1.29, 1.82) is 0 Å². The van der Waals surface area contributed by atoms with Gasteiger partial charge in [0.1, 0.15) is 5.76 Å². The molecule has 1 aliphatic carbocycles. The molecule has 1 fully saturated rings. The minimum Gasteiger partial charge on any atom is -0.493 e. The summed E-state index contributed by atoms with van der Waals surface area (Å²) in [5.41, 5.74) is 2.46. The third-order valence-electron chi connectivity index (χ3n) is 4.68. The summed E-state index contributed by atoms with van der Waals surface area (Å²) in [6.07, 6.45) is 6.84. The molecule has 2 unspecified atom stereocenters. The Morgan fingerprint density at radius 3 is 2.53 bits per heavy atom. The smallest absolute Gasteiger partial charge is 0.115 e. The zero-order chi connectivity index (χ0) is 13.8. The molecule has 1 aliphatic heterocycles. The van der Waals surface area contributed by atoms with Gasteiger partial charge >= 0.3 is 0 Å². The summed E-state index contributed by atoms with van der Waals surface area (Å²) < 4.78 is 6.32. The maximum Gasteiger partial charge on any atom is 0.115 e. The van der Waals surface area contributed by atoms with Crippen LogP contribution in [0.4, 0.5) is 0 Å². The van der Waals surface area contributed by atoms with Crippen LogP contribution in [0.15, 0.2) is 16.3 Å². The van der Waals surface area contributed by atoms with Crippen LogP contribution < -0.4 is 5.32 Å². The molecule has 2 aliphatic rings. The van der Waals surface area contributed by atoms with E-state index < -0.39 is 0 Å². The van der Waals surface area contributed by atoms with Crippen LogP contribution in [0.2, 0.25) is 0 Å². The number of hydrogen-bond donors (Lipinski definition) is 1. The molecule has 1 N–H and O–H groups in total. The molecule has 0 amide bonds. The van der Waals surface area contributed by atoms with E-state index in [1.54, 1.807) is 0 Å². The number of nitrogens with one attached hydrogen (secondary N) is 1. The summed E-state index contributed by atoms with van der Waals surface area (Å²) in [5, 5.41) is 3.54. The van der Waals surface area contributed by atoms with Gasteiger partial charge in [0.25, 0.3) is 0 Å². The van der Waals surface area contributed by atoms with Gasteiger partial charge in [-0.25, -0.2) is 0 Å². The topological polar surface area (TPSA) is 33.6 Å². The predicted molar refractivity (Wildman–Crippen MR) is 80.6 cm³/mol. The Bertz CT molecular complexity index is 367. The normalized spacial score (nSPS) is 30.6. The second-order valence-corrected chi connectivity index (χ2v) is 5.98. The second kappa shape index (κ2) is 6.56. The first-order valence-electron chi connectivity index (χ1n) is 7.70. The van der Waals surface area contributed by atoms with Crippen LogP contribution in [0.3, 0.4) is 0 Å². The van der Waals surface area contributed by atoms with E-state index in [0.29, 0.717) is 18.1 Å². The van der Waals surface area contributed by atoms with E-state index in [0.717, 1.165) is 18.0 Å². The monoisotopic (exact) mass is 264 g/mol. The Balaban J connectivity index is 2.18. The molecule has 19 heavy (non-hydrogen) atoms. The zero-order valence-electron chi connectivity index (χ0n) is 12.8. The largest absolute Gasteiger partial charge is 0.493 e. The van der Waals surface area contributed by atoms with Crippen LogP contribution in [0.25, 0.3) is 0 Å². The van der Waals surface area contributed by atoms with Crippen LogP contribution in [0, 0.1) is 5.92 Å². The molecule has 0 aromatic heterocycles. The highest BCUT2D eigenvalue weighted by Crippen LogP contribution is 2.29. The predicted octanol–water partition coefficient (Wildman–Crippen LogP) is 3.31. The molecule has 2 rings (SSSR count). The van der Waals surface area contributed by atoms with Crippen molar-refractivity contribution in [3.05, 3.63) is 11.3 Å². The van der Waals surface area contributed by atoms with Crippen molar-refractivity contribution in [2.75, 3.05) is 13.6 Å². The van der Waals surface area contributed by atoms with Gasteiger partial charge in [-0.3, -0.25) is 4.99 Å². The number of nitrogens with zero attached hydrogens (tertiary/aromatic N) is 1. The maximum atomic E-state index is 6.32. The molecule has 3 heteroatoms. The van der Waals surface area contributed by atoms with Gasteiger partial charge in [-0.2, -0.15) is 0 Å². The first-order valence-corrected chi connectivity index (χ1v) is 7.70. The van der Waals surface area contributed by atoms with Gasteiger partial charge in [0, 0.05) is 30.3 Å². The van der Waals surface area contributed by atoms with Crippen LogP contribution in [-0.4, -0.2) is 31.4 Å². The second-order valence-electron chi connectivity index (χ2n) is 5.98. The minimum atomic E-state index is 0.422. The lowest BCUT2D eigenvalue weighted by atomic mass is 9.87. The Kier molecular flexibility index (Phi) is 5.03. The standard InChI is InChI=1S/C16H28N2O/c1-11-12(2)18-10-15(16(11)13(3)17-4)19-14-8-6-5-7-9-14/h11-12,14,18H,5-10H2,1-4H3. The van der Waals surface area contributed by atoms with Crippen LogP contribution in [-0.2, 0) is 4.74 Å². The summed E-state index contributed by atoms with van der Waals surface area (Å²) in [6.45, 7) is 7.47. The molecule has 1 heterocycles. The molecule has 2 atom stereocenters. The molecule has 0 spiro atoms. The fraction of sp³-hybridized carbons (Fsp3) is 0.812. The van der Waals surface area contributed by atoms with E-state index in [-0.39, 0.29) is 0 Å². The average molecular weight is 264 g/mol. The highest BCUT2D eigenvalue weighted by molar-refractivity contribution is 5.99. The molecular formula is C16H28N2O. The van der Waals surface area contributed by atoms with Gasteiger partial charge in [0.15, 0.2) is 0 Å². The summed E-state index contributed by atoms with van der Waals surface area (Å²) in [5.74, 6) is 1.61. The van der Waals surface area contributed by atoms with E-state index >= 15 is 0 Å². The third-order valence-corrected chi connectivity index (χ3v) is 4.68.